The Morgan fingerprint density at radius 1 is 1.00 bits per heavy atom. The van der Waals surface area contributed by atoms with Crippen molar-refractivity contribution in [2.75, 3.05) is 0 Å². The van der Waals surface area contributed by atoms with Crippen molar-refractivity contribution in [3.05, 3.63) is 69.8 Å². The molecule has 0 saturated heterocycles. The van der Waals surface area contributed by atoms with Crippen LogP contribution >= 0.6 is 15.9 Å². The molecule has 1 heteroatoms. The number of hydrogen-bond acceptors (Lipinski definition) is 0. The monoisotopic (exact) mass is 328 g/mol. The van der Waals surface area contributed by atoms with Gasteiger partial charge in [0.2, 0.25) is 0 Å². The van der Waals surface area contributed by atoms with Crippen molar-refractivity contribution in [2.24, 2.45) is 0 Å². The van der Waals surface area contributed by atoms with Gasteiger partial charge in [-0.3, -0.25) is 0 Å². The van der Waals surface area contributed by atoms with Crippen LogP contribution in [-0.4, -0.2) is 0 Å². The lowest BCUT2D eigenvalue weighted by Gasteiger charge is -2.14. The van der Waals surface area contributed by atoms with Crippen molar-refractivity contribution in [2.45, 2.75) is 44.4 Å². The molecule has 0 saturated carbocycles. The van der Waals surface area contributed by atoms with Crippen molar-refractivity contribution in [1.82, 2.24) is 0 Å². The van der Waals surface area contributed by atoms with E-state index >= 15 is 0 Å². The molecule has 0 radical (unpaired) electrons. The van der Waals surface area contributed by atoms with E-state index in [1.54, 1.807) is 11.1 Å². The number of alkyl halides is 1. The van der Waals surface area contributed by atoms with Gasteiger partial charge in [-0.05, 0) is 67.3 Å². The van der Waals surface area contributed by atoms with Crippen molar-refractivity contribution in [1.29, 1.82) is 0 Å². The fraction of sp³-hybridized carbons (Fsp3) is 0.368. The van der Waals surface area contributed by atoms with E-state index in [-0.39, 0.29) is 0 Å². The van der Waals surface area contributed by atoms with Gasteiger partial charge >= 0.3 is 0 Å². The summed E-state index contributed by atoms with van der Waals surface area (Å²) in [5.74, 6) is 0. The van der Waals surface area contributed by atoms with E-state index in [9.17, 15) is 0 Å². The van der Waals surface area contributed by atoms with E-state index in [2.05, 4.69) is 66.2 Å². The quantitative estimate of drug-likeness (QED) is 0.655. The van der Waals surface area contributed by atoms with E-state index in [0.717, 1.165) is 6.42 Å². The van der Waals surface area contributed by atoms with Gasteiger partial charge < -0.3 is 0 Å². The molecule has 0 aromatic heterocycles. The molecule has 0 amide bonds. The molecule has 0 nitrogen and oxygen atoms in total. The Morgan fingerprint density at radius 3 is 2.65 bits per heavy atom. The first-order valence-electron chi connectivity index (χ1n) is 7.45. The fourth-order valence-electron chi connectivity index (χ4n) is 3.12. The first kappa shape index (κ1) is 13.9. The predicted molar refractivity (Wildman–Crippen MR) is 89.8 cm³/mol. The molecular formula is C19H21Br. The number of aryl methyl sites for hydroxylation is 4. The molecule has 2 aromatic carbocycles. The summed E-state index contributed by atoms with van der Waals surface area (Å²) in [6, 6.07) is 13.8. The summed E-state index contributed by atoms with van der Waals surface area (Å²) in [6.45, 7) is 4.37. The molecule has 0 heterocycles. The third kappa shape index (κ3) is 2.83. The van der Waals surface area contributed by atoms with Crippen LogP contribution in [0.1, 0.15) is 44.6 Å². The third-order valence-electron chi connectivity index (χ3n) is 4.39. The molecule has 1 atom stereocenters. The van der Waals surface area contributed by atoms with Crippen LogP contribution in [0.4, 0.5) is 0 Å². The average molecular weight is 329 g/mol. The number of fused-ring (bicyclic) bond motifs is 1. The fourth-order valence-corrected chi connectivity index (χ4v) is 3.75. The van der Waals surface area contributed by atoms with Gasteiger partial charge in [-0.1, -0.05) is 57.9 Å². The first-order chi connectivity index (χ1) is 9.63. The smallest absolute Gasteiger partial charge is 0.0435 e. The van der Waals surface area contributed by atoms with Gasteiger partial charge in [-0.2, -0.15) is 0 Å². The summed E-state index contributed by atoms with van der Waals surface area (Å²) in [7, 11) is 0. The predicted octanol–water partition coefficient (Wildman–Crippen LogP) is 5.47. The van der Waals surface area contributed by atoms with Crippen LogP contribution in [0.5, 0.6) is 0 Å². The lowest BCUT2D eigenvalue weighted by Crippen LogP contribution is -1.99. The Kier molecular flexibility index (Phi) is 3.98. The van der Waals surface area contributed by atoms with Crippen molar-refractivity contribution < 1.29 is 0 Å². The summed E-state index contributed by atoms with van der Waals surface area (Å²) < 4.78 is 0. The minimum absolute atomic E-state index is 0.411. The van der Waals surface area contributed by atoms with E-state index in [1.165, 1.54) is 41.5 Å². The summed E-state index contributed by atoms with van der Waals surface area (Å²) in [4.78, 5) is 0.411. The van der Waals surface area contributed by atoms with Gasteiger partial charge in [-0.25, -0.2) is 0 Å². The van der Waals surface area contributed by atoms with Crippen LogP contribution in [0, 0.1) is 13.8 Å². The molecule has 1 aliphatic carbocycles. The maximum atomic E-state index is 3.89. The summed E-state index contributed by atoms with van der Waals surface area (Å²) in [5.41, 5.74) is 8.73. The minimum atomic E-state index is 0.411. The molecule has 3 rings (SSSR count). The number of benzene rings is 2. The molecule has 0 aliphatic heterocycles. The molecule has 0 N–H and O–H groups in total. The van der Waals surface area contributed by atoms with Crippen LogP contribution in [0.15, 0.2) is 36.4 Å². The van der Waals surface area contributed by atoms with E-state index in [0.29, 0.717) is 4.83 Å². The van der Waals surface area contributed by atoms with Crippen molar-refractivity contribution in [3.8, 4) is 0 Å². The van der Waals surface area contributed by atoms with Gasteiger partial charge in [0.25, 0.3) is 0 Å². The van der Waals surface area contributed by atoms with E-state index in [4.69, 9.17) is 0 Å². The number of halogens is 1. The number of rotatable bonds is 3. The van der Waals surface area contributed by atoms with Crippen LogP contribution in [0.3, 0.4) is 0 Å². The maximum absolute atomic E-state index is 3.89. The standard InChI is InChI=1S/C19H21Br/c1-13-6-7-14(2)18(10-13)12-19(20)17-9-8-15-4-3-5-16(15)11-17/h6-11,19H,3-5,12H2,1-2H3. The van der Waals surface area contributed by atoms with Crippen molar-refractivity contribution >= 4 is 15.9 Å². The highest BCUT2D eigenvalue weighted by Gasteiger charge is 2.15. The summed E-state index contributed by atoms with van der Waals surface area (Å²) in [6.07, 6.45) is 4.90. The topological polar surface area (TPSA) is 0 Å². The number of hydrogen-bond donors (Lipinski definition) is 0. The second-order valence-corrected chi connectivity index (χ2v) is 7.09. The second kappa shape index (κ2) is 5.73. The normalized spacial score (nSPS) is 15.2. The largest absolute Gasteiger partial charge is 0.0835 e. The Morgan fingerprint density at radius 2 is 1.80 bits per heavy atom. The summed E-state index contributed by atoms with van der Waals surface area (Å²) in [5, 5.41) is 0. The van der Waals surface area contributed by atoms with Gasteiger partial charge in [0.05, 0.1) is 0 Å². The van der Waals surface area contributed by atoms with Gasteiger partial charge in [0, 0.05) is 4.83 Å². The average Bonchev–Trinajstić information content (AvgIpc) is 2.90. The molecule has 2 aromatic rings. The SMILES string of the molecule is Cc1ccc(C)c(CC(Br)c2ccc3c(c2)CCC3)c1. The van der Waals surface area contributed by atoms with E-state index < -0.39 is 0 Å². The minimum Gasteiger partial charge on any atom is -0.0835 e. The zero-order valence-corrected chi connectivity index (χ0v) is 13.8. The molecule has 104 valence electrons. The highest BCUT2D eigenvalue weighted by molar-refractivity contribution is 9.09. The first-order valence-corrected chi connectivity index (χ1v) is 8.37. The van der Waals surface area contributed by atoms with E-state index in [1.807, 2.05) is 0 Å². The van der Waals surface area contributed by atoms with Gasteiger partial charge in [0.15, 0.2) is 0 Å². The molecule has 0 spiro atoms. The molecule has 0 bridgehead atoms. The lowest BCUT2D eigenvalue weighted by molar-refractivity contribution is 0.909. The Hall–Kier alpha value is -1.08. The maximum Gasteiger partial charge on any atom is 0.0435 e. The van der Waals surface area contributed by atoms with Crippen LogP contribution in [0.2, 0.25) is 0 Å². The zero-order valence-electron chi connectivity index (χ0n) is 12.2. The van der Waals surface area contributed by atoms with Crippen LogP contribution in [0.25, 0.3) is 0 Å². The second-order valence-electron chi connectivity index (χ2n) is 5.98. The van der Waals surface area contributed by atoms with Crippen molar-refractivity contribution in [3.63, 3.8) is 0 Å². The Bertz CT molecular complexity index is 628. The zero-order chi connectivity index (χ0) is 14.1. The van der Waals surface area contributed by atoms with Crippen LogP contribution in [-0.2, 0) is 19.3 Å². The highest BCUT2D eigenvalue weighted by Crippen LogP contribution is 2.32. The lowest BCUT2D eigenvalue weighted by atomic mass is 9.97. The Balaban J connectivity index is 1.82. The summed E-state index contributed by atoms with van der Waals surface area (Å²) >= 11 is 3.89. The highest BCUT2D eigenvalue weighted by atomic mass is 79.9. The van der Waals surface area contributed by atoms with Gasteiger partial charge in [0.1, 0.15) is 0 Å². The molecule has 0 fully saturated rings. The Labute approximate surface area is 130 Å². The molecular weight excluding hydrogens is 308 g/mol. The molecule has 1 aliphatic rings. The molecule has 20 heavy (non-hydrogen) atoms. The van der Waals surface area contributed by atoms with Crippen LogP contribution < -0.4 is 0 Å². The van der Waals surface area contributed by atoms with Gasteiger partial charge in [-0.15, -0.1) is 0 Å². The third-order valence-corrected chi connectivity index (χ3v) is 5.24. The molecule has 1 unspecified atom stereocenters.